The van der Waals surface area contributed by atoms with Gasteiger partial charge in [-0.1, -0.05) is 35.9 Å². The van der Waals surface area contributed by atoms with Crippen LogP contribution < -0.4 is 0 Å². The molecule has 2 saturated carbocycles. The van der Waals surface area contributed by atoms with Crippen LogP contribution in [0.15, 0.2) is 54.7 Å². The number of amides is 1. The summed E-state index contributed by atoms with van der Waals surface area (Å²) in [7, 11) is 0. The number of hydrogen-bond donors (Lipinski definition) is 0. The summed E-state index contributed by atoms with van der Waals surface area (Å²) in [6.07, 6.45) is 6.13. The lowest BCUT2D eigenvalue weighted by Crippen LogP contribution is -2.33. The largest absolute Gasteiger partial charge is 0.331 e. The van der Waals surface area contributed by atoms with Crippen LogP contribution in [0.25, 0.3) is 16.9 Å². The lowest BCUT2D eigenvalue weighted by Gasteiger charge is -2.23. The van der Waals surface area contributed by atoms with Gasteiger partial charge in [-0.05, 0) is 63.3 Å². The maximum atomic E-state index is 14.1. The third-order valence-electron chi connectivity index (χ3n) is 6.65. The van der Waals surface area contributed by atoms with Gasteiger partial charge in [-0.25, -0.2) is 9.97 Å². The molecule has 2 fully saturated rings. The molecule has 0 bridgehead atoms. The van der Waals surface area contributed by atoms with E-state index in [0.717, 1.165) is 59.2 Å². The Morgan fingerprint density at radius 1 is 1.06 bits per heavy atom. The van der Waals surface area contributed by atoms with Gasteiger partial charge in [0.2, 0.25) is 0 Å². The smallest absolute Gasteiger partial charge is 0.255 e. The zero-order valence-corrected chi connectivity index (χ0v) is 19.0. The molecule has 2 aliphatic carbocycles. The minimum absolute atomic E-state index is 0.0797. The van der Waals surface area contributed by atoms with Gasteiger partial charge in [-0.15, -0.1) is 0 Å². The summed E-state index contributed by atoms with van der Waals surface area (Å²) in [6.45, 7) is 4.67. The predicted molar refractivity (Wildman–Crippen MR) is 127 cm³/mol. The van der Waals surface area contributed by atoms with E-state index < -0.39 is 0 Å². The number of aryl methyl sites for hydroxylation is 2. The first kappa shape index (κ1) is 20.1. The molecule has 166 valence electrons. The van der Waals surface area contributed by atoms with Crippen LogP contribution in [0.1, 0.15) is 64.5 Å². The Kier molecular flexibility index (Phi) is 4.75. The van der Waals surface area contributed by atoms with Gasteiger partial charge in [0.1, 0.15) is 0 Å². The number of carbonyl (C=O) groups excluding carboxylic acids is 1. The topological polar surface area (TPSA) is 63.9 Å². The van der Waals surface area contributed by atoms with Crippen molar-refractivity contribution in [1.82, 2.24) is 24.6 Å². The van der Waals surface area contributed by atoms with E-state index >= 15 is 0 Å². The molecule has 6 nitrogen and oxygen atoms in total. The van der Waals surface area contributed by atoms with Gasteiger partial charge in [0.25, 0.3) is 5.91 Å². The van der Waals surface area contributed by atoms with Gasteiger partial charge in [0, 0.05) is 30.4 Å². The highest BCUT2D eigenvalue weighted by molar-refractivity contribution is 6.07. The Balaban J connectivity index is 1.47. The zero-order valence-electron chi connectivity index (χ0n) is 19.0. The third-order valence-corrected chi connectivity index (χ3v) is 6.65. The number of benzene rings is 1. The normalized spacial score (nSPS) is 15.7. The van der Waals surface area contributed by atoms with Gasteiger partial charge >= 0.3 is 0 Å². The number of nitrogens with zero attached hydrogens (tertiary/aromatic N) is 5. The molecule has 0 N–H and O–H groups in total. The fourth-order valence-corrected chi connectivity index (χ4v) is 4.50. The predicted octanol–water partition coefficient (Wildman–Crippen LogP) is 5.11. The highest BCUT2D eigenvalue weighted by Gasteiger charge is 2.36. The molecule has 1 aromatic carbocycles. The number of carbonyl (C=O) groups is 1. The first-order valence-corrected chi connectivity index (χ1v) is 11.8. The van der Waals surface area contributed by atoms with E-state index in [4.69, 9.17) is 10.1 Å². The van der Waals surface area contributed by atoms with Crippen LogP contribution >= 0.6 is 0 Å². The van der Waals surface area contributed by atoms with Crippen molar-refractivity contribution in [2.75, 3.05) is 0 Å². The lowest BCUT2D eigenvalue weighted by atomic mass is 10.1. The molecule has 0 atom stereocenters. The Morgan fingerprint density at radius 3 is 2.52 bits per heavy atom. The summed E-state index contributed by atoms with van der Waals surface area (Å²) in [6, 6.07) is 16.6. The molecule has 0 unspecified atom stereocenters. The van der Waals surface area contributed by atoms with E-state index in [1.165, 1.54) is 5.56 Å². The van der Waals surface area contributed by atoms with E-state index in [1.54, 1.807) is 10.9 Å². The molecule has 2 aliphatic rings. The van der Waals surface area contributed by atoms with E-state index in [1.807, 2.05) is 36.1 Å². The summed E-state index contributed by atoms with van der Waals surface area (Å²) in [5.74, 6) is 1.23. The van der Waals surface area contributed by atoms with E-state index in [-0.39, 0.29) is 5.91 Å². The van der Waals surface area contributed by atoms with Gasteiger partial charge in [-0.2, -0.15) is 9.78 Å². The summed E-state index contributed by atoms with van der Waals surface area (Å²) in [5.41, 5.74) is 5.64. The van der Waals surface area contributed by atoms with Gasteiger partial charge in [0.15, 0.2) is 11.5 Å². The van der Waals surface area contributed by atoms with E-state index in [9.17, 15) is 4.79 Å². The first-order chi connectivity index (χ1) is 16.1. The van der Waals surface area contributed by atoms with Crippen molar-refractivity contribution in [3.05, 3.63) is 82.8 Å². The molecule has 0 spiro atoms. The maximum Gasteiger partial charge on any atom is 0.255 e. The fraction of sp³-hybridized carbons (Fsp3) is 0.333. The Bertz CT molecular complexity index is 1330. The molecular formula is C27H27N5O. The molecule has 0 radical (unpaired) electrons. The second-order valence-corrected chi connectivity index (χ2v) is 9.40. The van der Waals surface area contributed by atoms with Crippen molar-refractivity contribution in [1.29, 1.82) is 0 Å². The van der Waals surface area contributed by atoms with Crippen LogP contribution in [0.3, 0.4) is 0 Å². The second-order valence-electron chi connectivity index (χ2n) is 9.40. The van der Waals surface area contributed by atoms with Gasteiger partial charge in [-0.3, -0.25) is 4.79 Å². The summed E-state index contributed by atoms with van der Waals surface area (Å²) < 4.78 is 1.79. The summed E-state index contributed by atoms with van der Waals surface area (Å²) >= 11 is 0. The average Bonchev–Trinajstić information content (AvgIpc) is 3.76. The van der Waals surface area contributed by atoms with Crippen molar-refractivity contribution in [3.63, 3.8) is 0 Å². The number of rotatable bonds is 6. The fourth-order valence-electron chi connectivity index (χ4n) is 4.50. The molecular weight excluding hydrogens is 410 g/mol. The minimum Gasteiger partial charge on any atom is -0.331 e. The van der Waals surface area contributed by atoms with Gasteiger partial charge in [0.05, 0.1) is 16.6 Å². The molecule has 4 aromatic rings. The lowest BCUT2D eigenvalue weighted by molar-refractivity contribution is 0.0731. The van der Waals surface area contributed by atoms with Crippen molar-refractivity contribution >= 4 is 16.9 Å². The number of fused-ring (bicyclic) bond motifs is 1. The quantitative estimate of drug-likeness (QED) is 0.420. The molecule has 3 aromatic heterocycles. The Morgan fingerprint density at radius 2 is 1.85 bits per heavy atom. The van der Waals surface area contributed by atoms with Crippen LogP contribution in [-0.2, 0) is 6.54 Å². The SMILES string of the molecule is Cc1ccc(CN(C(=O)c2cc(C3CC3)nc3c2c(C)nn3-c2ccccn2)C2CC2)cc1. The first-order valence-electron chi connectivity index (χ1n) is 11.8. The minimum atomic E-state index is 0.0797. The average molecular weight is 438 g/mol. The molecule has 1 amide bonds. The molecule has 6 rings (SSSR count). The van der Waals surface area contributed by atoms with Crippen molar-refractivity contribution < 1.29 is 4.79 Å². The third kappa shape index (κ3) is 3.80. The number of aromatic nitrogens is 4. The Hall–Kier alpha value is -3.54. The Labute approximate surface area is 193 Å². The van der Waals surface area contributed by atoms with Crippen molar-refractivity contribution in [2.45, 2.75) is 58.0 Å². The van der Waals surface area contributed by atoms with Crippen LogP contribution in [0, 0.1) is 13.8 Å². The van der Waals surface area contributed by atoms with Crippen LogP contribution in [-0.4, -0.2) is 36.6 Å². The monoisotopic (exact) mass is 437 g/mol. The molecule has 0 saturated heterocycles. The van der Waals surface area contributed by atoms with E-state index in [0.29, 0.717) is 24.3 Å². The molecule has 3 heterocycles. The molecule has 33 heavy (non-hydrogen) atoms. The van der Waals surface area contributed by atoms with Crippen LogP contribution in [0.2, 0.25) is 0 Å². The molecule has 0 aliphatic heterocycles. The maximum absolute atomic E-state index is 14.1. The van der Waals surface area contributed by atoms with Crippen LogP contribution in [0.5, 0.6) is 0 Å². The highest BCUT2D eigenvalue weighted by atomic mass is 16.2. The molecule has 6 heteroatoms. The standard InChI is InChI=1S/C27H27N5O/c1-17-6-8-19(9-7-17)16-31(21-12-13-21)27(33)22-15-23(20-10-11-20)29-26-25(22)18(2)30-32(26)24-5-3-4-14-28-24/h3-9,14-15,20-21H,10-13,16H2,1-2H3. The number of hydrogen-bond acceptors (Lipinski definition) is 4. The van der Waals surface area contributed by atoms with Crippen molar-refractivity contribution in [2.24, 2.45) is 0 Å². The number of pyridine rings is 2. The second kappa shape index (κ2) is 7.80. The van der Waals surface area contributed by atoms with Gasteiger partial charge < -0.3 is 4.90 Å². The highest BCUT2D eigenvalue weighted by Crippen LogP contribution is 2.41. The summed E-state index contributed by atoms with van der Waals surface area (Å²) in [5, 5.41) is 5.60. The zero-order chi connectivity index (χ0) is 22.5. The summed E-state index contributed by atoms with van der Waals surface area (Å²) in [4.78, 5) is 25.6. The van der Waals surface area contributed by atoms with Crippen molar-refractivity contribution in [3.8, 4) is 5.82 Å². The van der Waals surface area contributed by atoms with Crippen LogP contribution in [0.4, 0.5) is 0 Å². The van der Waals surface area contributed by atoms with E-state index in [2.05, 4.69) is 36.2 Å².